The molecule has 0 aromatic heterocycles. The highest BCUT2D eigenvalue weighted by molar-refractivity contribution is 7.79. The van der Waals surface area contributed by atoms with Crippen LogP contribution in [0.25, 0.3) is 0 Å². The minimum Gasteiger partial charge on any atom is -0.772 e. The van der Waals surface area contributed by atoms with Crippen LogP contribution >= 0.6 is 0 Å². The standard InChI is InChI=1S/C9H10O4S/c10-7-13-6-9(14(11)12)8-4-2-1-3-5-8/h1-5,7,9H,6H2,(H,11,12)/p-1. The number of carbonyl (C=O) groups is 1. The SMILES string of the molecule is O=COCC(c1ccccc1)S(=O)[O-]. The zero-order chi connectivity index (χ0) is 10.4. The quantitative estimate of drug-likeness (QED) is 0.535. The summed E-state index contributed by atoms with van der Waals surface area (Å²) in [4.78, 5) is 9.94. The summed E-state index contributed by atoms with van der Waals surface area (Å²) < 4.78 is 26.1. The van der Waals surface area contributed by atoms with Gasteiger partial charge < -0.3 is 9.29 Å². The van der Waals surface area contributed by atoms with Crippen LogP contribution in [0.15, 0.2) is 30.3 Å². The fraction of sp³-hybridized carbons (Fsp3) is 0.222. The topological polar surface area (TPSA) is 66.4 Å². The third-order valence-electron chi connectivity index (χ3n) is 1.72. The Morgan fingerprint density at radius 2 is 2.07 bits per heavy atom. The van der Waals surface area contributed by atoms with Gasteiger partial charge in [-0.05, 0) is 16.6 Å². The van der Waals surface area contributed by atoms with Gasteiger partial charge in [0, 0.05) is 0 Å². The molecule has 2 atom stereocenters. The monoisotopic (exact) mass is 213 g/mol. The van der Waals surface area contributed by atoms with Crippen LogP contribution in [0.5, 0.6) is 0 Å². The maximum absolute atomic E-state index is 10.8. The molecule has 0 N–H and O–H groups in total. The maximum atomic E-state index is 10.8. The summed E-state index contributed by atoms with van der Waals surface area (Å²) in [5.41, 5.74) is 0.614. The Morgan fingerprint density at radius 1 is 1.43 bits per heavy atom. The van der Waals surface area contributed by atoms with Crippen molar-refractivity contribution in [1.82, 2.24) is 0 Å². The number of benzene rings is 1. The van der Waals surface area contributed by atoms with Crippen LogP contribution in [0, 0.1) is 0 Å². The first kappa shape index (κ1) is 10.9. The second-order valence-corrected chi connectivity index (χ2v) is 3.68. The minimum absolute atomic E-state index is 0.149. The number of rotatable bonds is 5. The average molecular weight is 213 g/mol. The van der Waals surface area contributed by atoms with Crippen LogP contribution in [-0.4, -0.2) is 21.8 Å². The van der Waals surface area contributed by atoms with Gasteiger partial charge in [-0.1, -0.05) is 30.3 Å². The van der Waals surface area contributed by atoms with Crippen LogP contribution < -0.4 is 0 Å². The lowest BCUT2D eigenvalue weighted by atomic mass is 10.1. The molecule has 76 valence electrons. The molecule has 4 nitrogen and oxygen atoms in total. The van der Waals surface area contributed by atoms with E-state index in [0.29, 0.717) is 5.56 Å². The van der Waals surface area contributed by atoms with Crippen molar-refractivity contribution in [3.05, 3.63) is 35.9 Å². The molecule has 0 aliphatic heterocycles. The molecule has 0 saturated carbocycles. The molecular weight excluding hydrogens is 204 g/mol. The van der Waals surface area contributed by atoms with Gasteiger partial charge in [0.2, 0.25) is 0 Å². The first-order valence-corrected chi connectivity index (χ1v) is 5.07. The predicted octanol–water partition coefficient (Wildman–Crippen LogP) is 0.780. The summed E-state index contributed by atoms with van der Waals surface area (Å²) in [6, 6.07) is 8.60. The predicted molar refractivity (Wildman–Crippen MR) is 50.1 cm³/mol. The van der Waals surface area contributed by atoms with Crippen molar-refractivity contribution in [1.29, 1.82) is 0 Å². The zero-order valence-electron chi connectivity index (χ0n) is 7.29. The Kier molecular flexibility index (Phi) is 4.28. The summed E-state index contributed by atoms with van der Waals surface area (Å²) in [6.45, 7) is 0.0897. The number of ether oxygens (including phenoxy) is 1. The van der Waals surface area contributed by atoms with Gasteiger partial charge >= 0.3 is 0 Å². The molecule has 0 aliphatic carbocycles. The molecule has 0 heterocycles. The third-order valence-corrected chi connectivity index (χ3v) is 2.59. The van der Waals surface area contributed by atoms with Crippen LogP contribution in [0.4, 0.5) is 0 Å². The molecule has 0 spiro atoms. The Bertz CT molecular complexity index is 312. The van der Waals surface area contributed by atoms with Crippen molar-refractivity contribution in [3.8, 4) is 0 Å². The van der Waals surface area contributed by atoms with Gasteiger partial charge in [0.05, 0.1) is 5.25 Å². The smallest absolute Gasteiger partial charge is 0.293 e. The first-order chi connectivity index (χ1) is 6.75. The molecule has 0 amide bonds. The van der Waals surface area contributed by atoms with Gasteiger partial charge in [-0.15, -0.1) is 0 Å². The molecule has 0 bridgehead atoms. The number of hydrogen-bond acceptors (Lipinski definition) is 4. The largest absolute Gasteiger partial charge is 0.772 e. The van der Waals surface area contributed by atoms with E-state index in [1.54, 1.807) is 30.3 Å². The van der Waals surface area contributed by atoms with E-state index in [2.05, 4.69) is 4.74 Å². The van der Waals surface area contributed by atoms with Crippen molar-refractivity contribution in [2.75, 3.05) is 6.61 Å². The van der Waals surface area contributed by atoms with E-state index in [0.717, 1.165) is 0 Å². The van der Waals surface area contributed by atoms with Crippen molar-refractivity contribution in [2.24, 2.45) is 0 Å². The summed E-state index contributed by atoms with van der Waals surface area (Å²) >= 11 is -2.29. The first-order valence-electron chi connectivity index (χ1n) is 3.94. The summed E-state index contributed by atoms with van der Waals surface area (Å²) in [7, 11) is 0. The lowest BCUT2D eigenvalue weighted by Gasteiger charge is -2.18. The number of hydrogen-bond donors (Lipinski definition) is 0. The Balaban J connectivity index is 2.78. The summed E-state index contributed by atoms with van der Waals surface area (Å²) in [5, 5.41) is -0.790. The highest BCUT2D eigenvalue weighted by Crippen LogP contribution is 2.18. The molecule has 0 radical (unpaired) electrons. The highest BCUT2D eigenvalue weighted by Gasteiger charge is 2.11. The van der Waals surface area contributed by atoms with E-state index in [-0.39, 0.29) is 13.1 Å². The van der Waals surface area contributed by atoms with Crippen LogP contribution in [0.3, 0.4) is 0 Å². The van der Waals surface area contributed by atoms with Crippen molar-refractivity contribution < 1.29 is 18.3 Å². The molecule has 0 aliphatic rings. The summed E-state index contributed by atoms with van der Waals surface area (Å²) in [5.74, 6) is 0. The van der Waals surface area contributed by atoms with Gasteiger partial charge in [0.1, 0.15) is 6.61 Å². The molecule has 0 saturated heterocycles. The van der Waals surface area contributed by atoms with E-state index < -0.39 is 16.3 Å². The molecule has 1 aromatic carbocycles. The normalized spacial score (nSPS) is 14.4. The van der Waals surface area contributed by atoms with Gasteiger partial charge in [-0.2, -0.15) is 0 Å². The van der Waals surface area contributed by atoms with E-state index >= 15 is 0 Å². The van der Waals surface area contributed by atoms with Crippen LogP contribution in [-0.2, 0) is 20.6 Å². The van der Waals surface area contributed by atoms with Crippen LogP contribution in [0.1, 0.15) is 10.8 Å². The second-order valence-electron chi connectivity index (χ2n) is 2.59. The van der Waals surface area contributed by atoms with Crippen molar-refractivity contribution in [2.45, 2.75) is 5.25 Å². The van der Waals surface area contributed by atoms with Crippen LogP contribution in [0.2, 0.25) is 0 Å². The van der Waals surface area contributed by atoms with Gasteiger partial charge in [0.25, 0.3) is 6.47 Å². The zero-order valence-corrected chi connectivity index (χ0v) is 8.11. The summed E-state index contributed by atoms with van der Waals surface area (Å²) in [6.07, 6.45) is 0. The van der Waals surface area contributed by atoms with E-state index in [4.69, 9.17) is 0 Å². The third kappa shape index (κ3) is 2.93. The molecule has 1 rings (SSSR count). The average Bonchev–Trinajstić information content (AvgIpc) is 2.19. The fourth-order valence-corrected chi connectivity index (χ4v) is 1.63. The molecule has 14 heavy (non-hydrogen) atoms. The molecular formula is C9H9O4S-. The Hall–Kier alpha value is -1.20. The highest BCUT2D eigenvalue weighted by atomic mass is 32.2. The molecule has 0 fully saturated rings. The van der Waals surface area contributed by atoms with Crippen molar-refractivity contribution in [3.63, 3.8) is 0 Å². The molecule has 2 unspecified atom stereocenters. The number of carbonyl (C=O) groups excluding carboxylic acids is 1. The van der Waals surface area contributed by atoms with Crippen molar-refractivity contribution >= 4 is 17.6 Å². The second kappa shape index (κ2) is 5.51. The van der Waals surface area contributed by atoms with Gasteiger partial charge in [0.15, 0.2) is 0 Å². The Labute approximate surface area is 84.2 Å². The minimum atomic E-state index is -2.29. The van der Waals surface area contributed by atoms with E-state index in [1.807, 2.05) is 0 Å². The molecule has 1 aromatic rings. The van der Waals surface area contributed by atoms with Gasteiger partial charge in [-0.25, -0.2) is 0 Å². The van der Waals surface area contributed by atoms with E-state index in [9.17, 15) is 13.6 Å². The lowest BCUT2D eigenvalue weighted by molar-refractivity contribution is -0.128. The fourth-order valence-electron chi connectivity index (χ4n) is 1.06. The van der Waals surface area contributed by atoms with Gasteiger partial charge in [-0.3, -0.25) is 9.00 Å². The maximum Gasteiger partial charge on any atom is 0.293 e. The molecule has 5 heteroatoms. The van der Waals surface area contributed by atoms with E-state index in [1.165, 1.54) is 0 Å². The Morgan fingerprint density at radius 3 is 2.57 bits per heavy atom. The lowest BCUT2D eigenvalue weighted by Crippen LogP contribution is -2.12.